The summed E-state index contributed by atoms with van der Waals surface area (Å²) in [5, 5.41) is 2.94. The highest BCUT2D eigenvalue weighted by molar-refractivity contribution is 6.20. The highest BCUT2D eigenvalue weighted by atomic mass is 35.5. The van der Waals surface area contributed by atoms with E-state index in [0.717, 1.165) is 12.8 Å². The summed E-state index contributed by atoms with van der Waals surface area (Å²) in [4.78, 5) is 0. The van der Waals surface area contributed by atoms with Crippen molar-refractivity contribution in [3.63, 3.8) is 0 Å². The molecule has 0 rings (SSSR count). The van der Waals surface area contributed by atoms with Crippen molar-refractivity contribution >= 4 is 11.6 Å². The Kier molecular flexibility index (Phi) is 7.37. The molecule has 0 fully saturated rings. The highest BCUT2D eigenvalue weighted by Crippen LogP contribution is 2.20. The molecule has 1 atom stereocenters. The smallest absolute Gasteiger partial charge is 0.315 e. The number of nitrogens with one attached hydrogen (secondary N) is 1. The second-order valence-electron chi connectivity index (χ2n) is 3.31. The van der Waals surface area contributed by atoms with E-state index >= 15 is 0 Å². The lowest BCUT2D eigenvalue weighted by molar-refractivity contribution is -0.135. The molecule has 0 heterocycles. The number of hydrogen-bond donors (Lipinski definition) is 1. The average molecular weight is 232 g/mol. The van der Waals surface area contributed by atoms with Gasteiger partial charge in [0.2, 0.25) is 0 Å². The fourth-order valence-corrected chi connectivity index (χ4v) is 1.42. The van der Waals surface area contributed by atoms with Gasteiger partial charge in [-0.3, -0.25) is 0 Å². The topological polar surface area (TPSA) is 12.0 Å². The van der Waals surface area contributed by atoms with Crippen LogP contribution in [0.1, 0.15) is 32.6 Å². The Morgan fingerprint density at radius 1 is 1.36 bits per heavy atom. The lowest BCUT2D eigenvalue weighted by atomic mass is 10.2. The summed E-state index contributed by atoms with van der Waals surface area (Å²) in [7, 11) is 0. The van der Waals surface area contributed by atoms with Crippen LogP contribution in [-0.4, -0.2) is 24.6 Å². The minimum Gasteiger partial charge on any atom is -0.315 e. The molecule has 0 saturated carbocycles. The molecule has 0 spiro atoms. The zero-order valence-electron chi connectivity index (χ0n) is 8.33. The van der Waals surface area contributed by atoms with E-state index in [1.807, 2.05) is 6.92 Å². The molecule has 0 aromatic carbocycles. The molecule has 0 amide bonds. The molecule has 86 valence electrons. The maximum absolute atomic E-state index is 11.7. The largest absolute Gasteiger partial charge is 0.389 e. The Hall–Kier alpha value is 0.0400. The minimum absolute atomic E-state index is 0.0332. The summed E-state index contributed by atoms with van der Waals surface area (Å²) in [5.74, 6) is 0. The van der Waals surface area contributed by atoms with Crippen LogP contribution in [0.25, 0.3) is 0 Å². The van der Waals surface area contributed by atoms with Crippen LogP contribution in [0, 0.1) is 0 Å². The lowest BCUT2D eigenvalue weighted by Crippen LogP contribution is -2.25. The summed E-state index contributed by atoms with van der Waals surface area (Å²) in [5.41, 5.74) is 0. The summed E-state index contributed by atoms with van der Waals surface area (Å²) < 4.78 is 35.1. The molecule has 0 aliphatic heterocycles. The summed E-state index contributed by atoms with van der Waals surface area (Å²) in [6.45, 7) is 3.00. The van der Waals surface area contributed by atoms with Gasteiger partial charge >= 0.3 is 6.18 Å². The van der Waals surface area contributed by atoms with Crippen LogP contribution in [0.5, 0.6) is 0 Å². The van der Waals surface area contributed by atoms with Crippen molar-refractivity contribution in [1.29, 1.82) is 0 Å². The van der Waals surface area contributed by atoms with Crippen molar-refractivity contribution in [2.24, 2.45) is 0 Å². The first-order chi connectivity index (χ1) is 6.45. The third-order valence-corrected chi connectivity index (χ3v) is 2.15. The van der Waals surface area contributed by atoms with Crippen LogP contribution in [0.3, 0.4) is 0 Å². The maximum Gasteiger partial charge on any atom is 0.389 e. The third-order valence-electron chi connectivity index (χ3n) is 1.78. The zero-order chi connectivity index (χ0) is 11.0. The van der Waals surface area contributed by atoms with E-state index in [-0.39, 0.29) is 11.8 Å². The summed E-state index contributed by atoms with van der Waals surface area (Å²) in [6.07, 6.45) is -2.74. The van der Waals surface area contributed by atoms with Gasteiger partial charge in [-0.05, 0) is 19.4 Å². The van der Waals surface area contributed by atoms with Crippen LogP contribution >= 0.6 is 11.6 Å². The van der Waals surface area contributed by atoms with Gasteiger partial charge in [-0.2, -0.15) is 13.2 Å². The van der Waals surface area contributed by atoms with Crippen molar-refractivity contribution in [3.05, 3.63) is 0 Å². The number of halogens is 4. The van der Waals surface area contributed by atoms with Gasteiger partial charge in [0.05, 0.1) is 0 Å². The fourth-order valence-electron chi connectivity index (χ4n) is 1.09. The van der Waals surface area contributed by atoms with Gasteiger partial charge < -0.3 is 5.32 Å². The Labute approximate surface area is 88.0 Å². The van der Waals surface area contributed by atoms with Crippen LogP contribution in [-0.2, 0) is 0 Å². The van der Waals surface area contributed by atoms with Gasteiger partial charge in [-0.25, -0.2) is 0 Å². The first-order valence-corrected chi connectivity index (χ1v) is 5.31. The van der Waals surface area contributed by atoms with E-state index in [1.165, 1.54) is 0 Å². The molecular formula is C9H17ClF3N. The molecule has 14 heavy (non-hydrogen) atoms. The van der Waals surface area contributed by atoms with E-state index < -0.39 is 12.6 Å². The van der Waals surface area contributed by atoms with Crippen LogP contribution in [0.15, 0.2) is 0 Å². The monoisotopic (exact) mass is 231 g/mol. The van der Waals surface area contributed by atoms with Gasteiger partial charge in [0, 0.05) is 18.3 Å². The fraction of sp³-hybridized carbons (Fsp3) is 1.00. The van der Waals surface area contributed by atoms with Gasteiger partial charge in [0.1, 0.15) is 0 Å². The number of rotatable bonds is 7. The molecule has 0 saturated heterocycles. The van der Waals surface area contributed by atoms with Crippen LogP contribution in [0.2, 0.25) is 0 Å². The average Bonchev–Trinajstić information content (AvgIpc) is 2.02. The van der Waals surface area contributed by atoms with Crippen molar-refractivity contribution in [1.82, 2.24) is 5.32 Å². The molecule has 0 aromatic rings. The van der Waals surface area contributed by atoms with E-state index in [0.29, 0.717) is 13.1 Å². The number of hydrogen-bond acceptors (Lipinski definition) is 1. The van der Waals surface area contributed by atoms with E-state index in [1.54, 1.807) is 0 Å². The Morgan fingerprint density at radius 3 is 2.50 bits per heavy atom. The van der Waals surface area contributed by atoms with Crippen molar-refractivity contribution in [2.45, 2.75) is 44.2 Å². The Bertz CT molecular complexity index is 139. The van der Waals surface area contributed by atoms with E-state index in [9.17, 15) is 13.2 Å². The first-order valence-electron chi connectivity index (χ1n) is 4.87. The number of alkyl halides is 4. The van der Waals surface area contributed by atoms with Crippen molar-refractivity contribution < 1.29 is 13.2 Å². The Morgan fingerprint density at radius 2 is 2.00 bits per heavy atom. The summed E-state index contributed by atoms with van der Waals surface area (Å²) in [6, 6.07) is 0. The van der Waals surface area contributed by atoms with Gasteiger partial charge in [0.15, 0.2) is 0 Å². The summed E-state index contributed by atoms with van der Waals surface area (Å²) >= 11 is 5.87. The van der Waals surface area contributed by atoms with Crippen molar-refractivity contribution in [2.75, 3.05) is 13.1 Å². The molecule has 1 N–H and O–H groups in total. The quantitative estimate of drug-likeness (QED) is 0.524. The third kappa shape index (κ3) is 10.1. The molecule has 0 radical (unpaired) electrons. The van der Waals surface area contributed by atoms with E-state index in [4.69, 9.17) is 11.6 Å². The zero-order valence-corrected chi connectivity index (χ0v) is 9.09. The van der Waals surface area contributed by atoms with Gasteiger partial charge in [-0.1, -0.05) is 13.3 Å². The molecule has 1 unspecified atom stereocenters. The highest BCUT2D eigenvalue weighted by Gasteiger charge is 2.25. The van der Waals surface area contributed by atoms with Crippen LogP contribution in [0.4, 0.5) is 13.2 Å². The maximum atomic E-state index is 11.7. The normalized spacial score (nSPS) is 14.4. The second kappa shape index (κ2) is 7.35. The van der Waals surface area contributed by atoms with Gasteiger partial charge in [0.25, 0.3) is 0 Å². The standard InChI is InChI=1S/C9H17ClF3N/c1-2-4-8(10)7-14-6-3-5-9(11,12)13/h8,14H,2-7H2,1H3. The van der Waals surface area contributed by atoms with Crippen molar-refractivity contribution in [3.8, 4) is 0 Å². The lowest BCUT2D eigenvalue weighted by Gasteiger charge is -2.10. The molecule has 0 aliphatic rings. The Balaban J connectivity index is 3.21. The second-order valence-corrected chi connectivity index (χ2v) is 3.93. The molecule has 0 aromatic heterocycles. The SMILES string of the molecule is CCCC(Cl)CNCCCC(F)(F)F. The van der Waals surface area contributed by atoms with Gasteiger partial charge in [-0.15, -0.1) is 11.6 Å². The molecular weight excluding hydrogens is 215 g/mol. The predicted molar refractivity (Wildman–Crippen MR) is 52.7 cm³/mol. The predicted octanol–water partition coefficient (Wildman–Crippen LogP) is 3.33. The molecule has 0 bridgehead atoms. The first kappa shape index (κ1) is 14.0. The minimum atomic E-state index is -4.04. The van der Waals surface area contributed by atoms with Crippen LogP contribution < -0.4 is 5.32 Å². The molecule has 0 aliphatic carbocycles. The molecule has 1 nitrogen and oxygen atoms in total. The molecule has 5 heteroatoms. The van der Waals surface area contributed by atoms with E-state index in [2.05, 4.69) is 5.32 Å².